The molecule has 0 radical (unpaired) electrons. The number of amides is 5. The van der Waals surface area contributed by atoms with E-state index in [0.29, 0.717) is 45.1 Å². The van der Waals surface area contributed by atoms with Gasteiger partial charge in [0.1, 0.15) is 11.6 Å². The SMILES string of the molecule is CC(C)CCC(=O)N([C@@H](CCCc1ccccc1)C(=O)NO[C@@H]1CCCCO1)N1C(=O)NC2(CCCCC2)C1=O. The summed E-state index contributed by atoms with van der Waals surface area (Å²) in [4.78, 5) is 60.3. The van der Waals surface area contributed by atoms with Gasteiger partial charge in [0.05, 0.1) is 0 Å². The smallest absolute Gasteiger partial charge is 0.344 e. The van der Waals surface area contributed by atoms with Crippen LogP contribution in [0.2, 0.25) is 0 Å². The third-order valence-electron chi connectivity index (χ3n) is 8.07. The summed E-state index contributed by atoms with van der Waals surface area (Å²) in [7, 11) is 0. The van der Waals surface area contributed by atoms with E-state index < -0.39 is 41.6 Å². The molecule has 0 aromatic heterocycles. The van der Waals surface area contributed by atoms with Gasteiger partial charge in [-0.05, 0) is 62.8 Å². The predicted octanol–water partition coefficient (Wildman–Crippen LogP) is 4.39. The van der Waals surface area contributed by atoms with Crippen LogP contribution >= 0.6 is 0 Å². The van der Waals surface area contributed by atoms with Crippen molar-refractivity contribution >= 4 is 23.8 Å². The minimum absolute atomic E-state index is 0.108. The maximum absolute atomic E-state index is 13.9. The summed E-state index contributed by atoms with van der Waals surface area (Å²) in [5.74, 6) is -1.23. The first-order valence-corrected chi connectivity index (χ1v) is 14.9. The Morgan fingerprint density at radius 3 is 2.52 bits per heavy atom. The Balaban J connectivity index is 1.60. The summed E-state index contributed by atoms with van der Waals surface area (Å²) in [5, 5.41) is 4.92. The second-order valence-corrected chi connectivity index (χ2v) is 11.6. The summed E-state index contributed by atoms with van der Waals surface area (Å²) in [5.41, 5.74) is 2.57. The molecule has 2 N–H and O–H groups in total. The molecule has 2 atom stereocenters. The van der Waals surface area contributed by atoms with Gasteiger partial charge in [-0.2, -0.15) is 5.01 Å². The molecule has 2 heterocycles. The molecule has 2 aliphatic heterocycles. The quantitative estimate of drug-likeness (QED) is 0.291. The van der Waals surface area contributed by atoms with Gasteiger partial charge in [0, 0.05) is 19.4 Å². The second kappa shape index (κ2) is 14.1. The summed E-state index contributed by atoms with van der Waals surface area (Å²) < 4.78 is 5.58. The minimum atomic E-state index is -1.11. The zero-order valence-electron chi connectivity index (χ0n) is 23.9. The topological polar surface area (TPSA) is 117 Å². The van der Waals surface area contributed by atoms with E-state index in [-0.39, 0.29) is 18.8 Å². The summed E-state index contributed by atoms with van der Waals surface area (Å²) in [6.45, 7) is 4.56. The van der Waals surface area contributed by atoms with E-state index in [0.717, 1.165) is 47.7 Å². The fourth-order valence-electron chi connectivity index (χ4n) is 5.75. The molecule has 10 heteroatoms. The van der Waals surface area contributed by atoms with Crippen molar-refractivity contribution in [2.45, 2.75) is 115 Å². The lowest BCUT2D eigenvalue weighted by Crippen LogP contribution is -2.60. The Morgan fingerprint density at radius 1 is 1.10 bits per heavy atom. The van der Waals surface area contributed by atoms with Crippen molar-refractivity contribution < 1.29 is 28.8 Å². The average Bonchev–Trinajstić information content (AvgIpc) is 3.19. The lowest BCUT2D eigenvalue weighted by Gasteiger charge is -2.37. The van der Waals surface area contributed by atoms with Crippen molar-refractivity contribution in [3.05, 3.63) is 35.9 Å². The fourth-order valence-corrected chi connectivity index (χ4v) is 5.75. The number of aryl methyl sites for hydroxylation is 1. The molecule has 10 nitrogen and oxygen atoms in total. The zero-order chi connectivity index (χ0) is 28.5. The first-order valence-electron chi connectivity index (χ1n) is 14.9. The molecule has 3 fully saturated rings. The monoisotopic (exact) mass is 556 g/mol. The number of nitrogens with one attached hydrogen (secondary N) is 2. The fraction of sp³-hybridized carbons (Fsp3) is 0.667. The highest BCUT2D eigenvalue weighted by Crippen LogP contribution is 2.35. The molecule has 1 aromatic carbocycles. The number of benzene rings is 1. The van der Waals surface area contributed by atoms with Crippen LogP contribution in [0, 0.1) is 5.92 Å². The molecule has 1 spiro atoms. The molecule has 220 valence electrons. The van der Waals surface area contributed by atoms with E-state index in [1.165, 1.54) is 0 Å². The van der Waals surface area contributed by atoms with Crippen molar-refractivity contribution in [3.63, 3.8) is 0 Å². The number of hydrazine groups is 1. The first-order chi connectivity index (χ1) is 19.3. The van der Waals surface area contributed by atoms with Gasteiger partial charge in [0.15, 0.2) is 6.29 Å². The molecule has 1 saturated carbocycles. The number of nitrogens with zero attached hydrogens (tertiary/aromatic N) is 2. The van der Waals surface area contributed by atoms with Gasteiger partial charge in [-0.1, -0.05) is 63.4 Å². The van der Waals surface area contributed by atoms with Crippen molar-refractivity contribution in [3.8, 4) is 0 Å². The highest BCUT2D eigenvalue weighted by Gasteiger charge is 2.55. The van der Waals surface area contributed by atoms with E-state index in [9.17, 15) is 19.2 Å². The van der Waals surface area contributed by atoms with Crippen molar-refractivity contribution in [2.24, 2.45) is 5.92 Å². The second-order valence-electron chi connectivity index (χ2n) is 11.6. The standard InChI is InChI=1S/C30H44N4O6/c1-22(2)17-18-25(35)33(34-28(37)30(31-29(34)38)19-8-4-9-20-30)24(15-11-14-23-12-5-3-6-13-23)27(36)32-40-26-16-7-10-21-39-26/h3,5-6,12-13,22,24,26H,4,7-11,14-21H2,1-2H3,(H,31,38)(H,32,36)/t24-,26+/m0/s1. The molecule has 40 heavy (non-hydrogen) atoms. The average molecular weight is 557 g/mol. The van der Waals surface area contributed by atoms with Gasteiger partial charge < -0.3 is 10.1 Å². The molecular weight excluding hydrogens is 512 g/mol. The number of imide groups is 1. The van der Waals surface area contributed by atoms with Gasteiger partial charge >= 0.3 is 6.03 Å². The largest absolute Gasteiger partial charge is 0.350 e. The van der Waals surface area contributed by atoms with Crippen LogP contribution in [0.3, 0.4) is 0 Å². The number of urea groups is 1. The normalized spacial score (nSPS) is 21.4. The van der Waals surface area contributed by atoms with E-state index in [1.807, 2.05) is 44.2 Å². The van der Waals surface area contributed by atoms with E-state index in [4.69, 9.17) is 9.57 Å². The highest BCUT2D eigenvalue weighted by molar-refractivity contribution is 6.08. The Bertz CT molecular complexity index is 1020. The van der Waals surface area contributed by atoms with Crippen LogP contribution in [0.15, 0.2) is 30.3 Å². The molecular formula is C30H44N4O6. The summed E-state index contributed by atoms with van der Waals surface area (Å²) >= 11 is 0. The molecule has 3 aliphatic rings. The molecule has 2 saturated heterocycles. The van der Waals surface area contributed by atoms with Crippen LogP contribution in [0.4, 0.5) is 4.79 Å². The van der Waals surface area contributed by atoms with Crippen LogP contribution in [-0.2, 0) is 30.4 Å². The molecule has 0 bridgehead atoms. The number of hydroxylamine groups is 1. The Hall–Kier alpha value is -2.98. The summed E-state index contributed by atoms with van der Waals surface area (Å²) in [6, 6.07) is 8.11. The number of carbonyl (C=O) groups excluding carboxylic acids is 4. The number of rotatable bonds is 12. The maximum atomic E-state index is 13.9. The molecule has 1 aromatic rings. The molecule has 1 aliphatic carbocycles. The van der Waals surface area contributed by atoms with Crippen LogP contribution in [0.25, 0.3) is 0 Å². The van der Waals surface area contributed by atoms with Crippen LogP contribution in [0.5, 0.6) is 0 Å². The Morgan fingerprint density at radius 2 is 1.85 bits per heavy atom. The van der Waals surface area contributed by atoms with E-state index >= 15 is 0 Å². The van der Waals surface area contributed by atoms with E-state index in [1.54, 1.807) is 0 Å². The number of ether oxygens (including phenoxy) is 1. The first kappa shape index (κ1) is 30.0. The third kappa shape index (κ3) is 7.40. The van der Waals surface area contributed by atoms with E-state index in [2.05, 4.69) is 10.8 Å². The van der Waals surface area contributed by atoms with Crippen molar-refractivity contribution in [1.82, 2.24) is 20.8 Å². The lowest BCUT2D eigenvalue weighted by atomic mass is 9.82. The molecule has 0 unspecified atom stereocenters. The number of carbonyl (C=O) groups is 4. The number of hydrogen-bond donors (Lipinski definition) is 2. The summed E-state index contributed by atoms with van der Waals surface area (Å²) in [6.07, 6.45) is 7.75. The predicted molar refractivity (Wildman–Crippen MR) is 148 cm³/mol. The molecule has 4 rings (SSSR count). The van der Waals surface area contributed by atoms with Crippen LogP contribution < -0.4 is 10.8 Å². The highest BCUT2D eigenvalue weighted by atomic mass is 16.8. The maximum Gasteiger partial charge on any atom is 0.344 e. The van der Waals surface area contributed by atoms with Crippen LogP contribution in [0.1, 0.15) is 96.5 Å². The van der Waals surface area contributed by atoms with Gasteiger partial charge in [0.2, 0.25) is 5.91 Å². The molecule has 5 amide bonds. The third-order valence-corrected chi connectivity index (χ3v) is 8.07. The van der Waals surface area contributed by atoms with Gasteiger partial charge in [-0.15, -0.1) is 0 Å². The minimum Gasteiger partial charge on any atom is -0.350 e. The Kier molecular flexibility index (Phi) is 10.6. The van der Waals surface area contributed by atoms with Gasteiger partial charge in [-0.25, -0.2) is 20.1 Å². The number of hydrogen-bond acceptors (Lipinski definition) is 6. The van der Waals surface area contributed by atoms with Crippen molar-refractivity contribution in [1.29, 1.82) is 0 Å². The van der Waals surface area contributed by atoms with Gasteiger partial charge in [-0.3, -0.25) is 14.4 Å². The zero-order valence-corrected chi connectivity index (χ0v) is 23.9. The van der Waals surface area contributed by atoms with Crippen LogP contribution in [-0.4, -0.2) is 58.2 Å². The Labute approximate surface area is 237 Å². The van der Waals surface area contributed by atoms with Gasteiger partial charge in [0.25, 0.3) is 11.8 Å². The van der Waals surface area contributed by atoms with Crippen molar-refractivity contribution in [2.75, 3.05) is 6.61 Å². The lowest BCUT2D eigenvalue weighted by molar-refractivity contribution is -0.205.